The summed E-state index contributed by atoms with van der Waals surface area (Å²) in [6.45, 7) is 2.92. The lowest BCUT2D eigenvalue weighted by Gasteiger charge is -2.46. The van der Waals surface area contributed by atoms with Gasteiger partial charge in [-0.15, -0.1) is 11.3 Å². The number of aromatic nitrogens is 1. The van der Waals surface area contributed by atoms with Crippen molar-refractivity contribution in [2.45, 2.75) is 25.4 Å². The van der Waals surface area contributed by atoms with Crippen molar-refractivity contribution in [1.29, 1.82) is 0 Å². The van der Waals surface area contributed by atoms with E-state index in [0.29, 0.717) is 29.5 Å². The molecule has 9 heteroatoms. The van der Waals surface area contributed by atoms with Gasteiger partial charge in [-0.05, 0) is 66.5 Å². The van der Waals surface area contributed by atoms with Crippen molar-refractivity contribution in [2.75, 3.05) is 26.2 Å². The Hall–Kier alpha value is -3.20. The molecule has 3 aromatic rings. The number of rotatable bonds is 5. The number of piperidine rings is 1. The highest BCUT2D eigenvalue weighted by atomic mass is 32.1. The third-order valence-electron chi connectivity index (χ3n) is 7.23. The van der Waals surface area contributed by atoms with Gasteiger partial charge in [0.15, 0.2) is 0 Å². The smallest absolute Gasteiger partial charge is 0.338 e. The fourth-order valence-electron chi connectivity index (χ4n) is 5.03. The van der Waals surface area contributed by atoms with E-state index in [2.05, 4.69) is 4.98 Å². The number of amides is 2. The minimum atomic E-state index is -4.34. The van der Waals surface area contributed by atoms with E-state index in [1.54, 1.807) is 23.0 Å². The molecule has 2 saturated heterocycles. The Bertz CT molecular complexity index is 1200. The number of halogens is 3. The first-order valence-corrected chi connectivity index (χ1v) is 12.9. The molecule has 3 heterocycles. The summed E-state index contributed by atoms with van der Waals surface area (Å²) < 4.78 is 38.2. The van der Waals surface area contributed by atoms with E-state index < -0.39 is 11.7 Å². The van der Waals surface area contributed by atoms with Gasteiger partial charge < -0.3 is 9.80 Å². The van der Waals surface area contributed by atoms with Gasteiger partial charge in [-0.1, -0.05) is 24.3 Å². The van der Waals surface area contributed by atoms with E-state index in [0.717, 1.165) is 62.3 Å². The number of alkyl halides is 3. The second-order valence-electron chi connectivity index (χ2n) is 9.54. The predicted octanol–water partition coefficient (Wildman–Crippen LogP) is 5.38. The van der Waals surface area contributed by atoms with Crippen LogP contribution in [-0.4, -0.2) is 52.8 Å². The van der Waals surface area contributed by atoms with Gasteiger partial charge in [-0.3, -0.25) is 9.59 Å². The molecular weight excluding hydrogens is 487 g/mol. The molecule has 2 aliphatic heterocycles. The molecule has 5 nitrogen and oxygen atoms in total. The van der Waals surface area contributed by atoms with Gasteiger partial charge in [0.25, 0.3) is 11.8 Å². The number of hydrogen-bond acceptors (Lipinski definition) is 4. The van der Waals surface area contributed by atoms with Crippen LogP contribution in [0.2, 0.25) is 0 Å². The SMILES string of the molecule is O=C(c1ccc(Cc2ccc(C(F)(F)F)cc2)cc1)N1CC(C2CCN(C(=O)c3cscn3)CC2)C1. The predicted molar refractivity (Wildman–Crippen MR) is 131 cm³/mol. The van der Waals surface area contributed by atoms with E-state index in [9.17, 15) is 22.8 Å². The normalized spacial score (nSPS) is 17.2. The zero-order chi connectivity index (χ0) is 25.3. The van der Waals surface area contributed by atoms with E-state index in [1.807, 2.05) is 21.9 Å². The zero-order valence-electron chi connectivity index (χ0n) is 19.6. The molecule has 2 aliphatic rings. The summed E-state index contributed by atoms with van der Waals surface area (Å²) in [7, 11) is 0. The van der Waals surface area contributed by atoms with E-state index in [-0.39, 0.29) is 11.8 Å². The number of nitrogens with zero attached hydrogens (tertiary/aromatic N) is 3. The van der Waals surface area contributed by atoms with Gasteiger partial charge in [0.1, 0.15) is 5.69 Å². The summed E-state index contributed by atoms with van der Waals surface area (Å²) in [6, 6.07) is 12.5. The molecule has 0 aliphatic carbocycles. The standard InChI is InChI=1S/C27H26F3N3O2S/c28-27(29,30)23-7-3-19(4-8-23)13-18-1-5-21(6-2-18)25(34)33-14-22(15-33)20-9-11-32(12-10-20)26(35)24-16-36-17-31-24/h1-8,16-17,20,22H,9-15H2. The molecule has 2 fully saturated rings. The topological polar surface area (TPSA) is 53.5 Å². The van der Waals surface area contributed by atoms with Crippen LogP contribution in [0.4, 0.5) is 13.2 Å². The van der Waals surface area contributed by atoms with Crippen LogP contribution in [0.3, 0.4) is 0 Å². The summed E-state index contributed by atoms with van der Waals surface area (Å²) in [6.07, 6.45) is -1.95. The molecule has 5 rings (SSSR count). The van der Waals surface area contributed by atoms with Crippen molar-refractivity contribution in [1.82, 2.24) is 14.8 Å². The van der Waals surface area contributed by atoms with Crippen LogP contribution in [0.5, 0.6) is 0 Å². The van der Waals surface area contributed by atoms with Crippen LogP contribution in [0.1, 0.15) is 50.4 Å². The van der Waals surface area contributed by atoms with Crippen LogP contribution in [-0.2, 0) is 12.6 Å². The molecule has 0 saturated carbocycles. The van der Waals surface area contributed by atoms with Gasteiger partial charge in [0, 0.05) is 37.1 Å². The van der Waals surface area contributed by atoms with Crippen LogP contribution in [0.25, 0.3) is 0 Å². The maximum atomic E-state index is 12.9. The van der Waals surface area contributed by atoms with E-state index >= 15 is 0 Å². The fraction of sp³-hybridized carbons (Fsp3) is 0.370. The van der Waals surface area contributed by atoms with Crippen molar-refractivity contribution >= 4 is 23.2 Å². The van der Waals surface area contributed by atoms with Crippen molar-refractivity contribution in [3.8, 4) is 0 Å². The number of benzene rings is 2. The number of carbonyl (C=O) groups excluding carboxylic acids is 2. The average molecular weight is 514 g/mol. The van der Waals surface area contributed by atoms with Crippen molar-refractivity contribution in [3.05, 3.63) is 87.4 Å². The summed E-state index contributed by atoms with van der Waals surface area (Å²) >= 11 is 1.42. The molecule has 36 heavy (non-hydrogen) atoms. The monoisotopic (exact) mass is 513 g/mol. The van der Waals surface area contributed by atoms with Gasteiger partial charge in [0.05, 0.1) is 11.1 Å². The zero-order valence-corrected chi connectivity index (χ0v) is 20.4. The molecule has 2 aromatic carbocycles. The summed E-state index contributed by atoms with van der Waals surface area (Å²) in [5, 5.41) is 1.78. The van der Waals surface area contributed by atoms with E-state index in [4.69, 9.17) is 0 Å². The number of hydrogen-bond donors (Lipinski definition) is 0. The minimum absolute atomic E-state index is 0.00174. The maximum Gasteiger partial charge on any atom is 0.416 e. The molecule has 0 N–H and O–H groups in total. The Morgan fingerprint density at radius 2 is 1.47 bits per heavy atom. The van der Waals surface area contributed by atoms with Gasteiger partial charge in [-0.2, -0.15) is 13.2 Å². The lowest BCUT2D eigenvalue weighted by molar-refractivity contribution is -0.137. The first-order valence-electron chi connectivity index (χ1n) is 12.0. The molecule has 0 radical (unpaired) electrons. The summed E-state index contributed by atoms with van der Waals surface area (Å²) in [4.78, 5) is 33.2. The molecule has 0 spiro atoms. The Kier molecular flexibility index (Phi) is 6.83. The quantitative estimate of drug-likeness (QED) is 0.461. The molecule has 0 bridgehead atoms. The van der Waals surface area contributed by atoms with Crippen LogP contribution >= 0.6 is 11.3 Å². The van der Waals surface area contributed by atoms with Gasteiger partial charge in [-0.25, -0.2) is 4.98 Å². The number of thiazole rings is 1. The van der Waals surface area contributed by atoms with Gasteiger partial charge in [0.2, 0.25) is 0 Å². The molecule has 1 aromatic heterocycles. The number of carbonyl (C=O) groups is 2. The third-order valence-corrected chi connectivity index (χ3v) is 7.82. The average Bonchev–Trinajstić information content (AvgIpc) is 3.38. The van der Waals surface area contributed by atoms with Crippen LogP contribution in [0.15, 0.2) is 59.4 Å². The lowest BCUT2D eigenvalue weighted by atomic mass is 9.79. The highest BCUT2D eigenvalue weighted by Crippen LogP contribution is 2.33. The highest BCUT2D eigenvalue weighted by Gasteiger charge is 2.38. The molecule has 2 amide bonds. The van der Waals surface area contributed by atoms with Crippen molar-refractivity contribution in [2.24, 2.45) is 11.8 Å². The first kappa shape index (κ1) is 24.5. The number of likely N-dealkylation sites (tertiary alicyclic amines) is 2. The van der Waals surface area contributed by atoms with E-state index in [1.165, 1.54) is 23.5 Å². The summed E-state index contributed by atoms with van der Waals surface area (Å²) in [5.74, 6) is 0.981. The molecular formula is C27H26F3N3O2S. The van der Waals surface area contributed by atoms with Crippen molar-refractivity contribution < 1.29 is 22.8 Å². The van der Waals surface area contributed by atoms with Gasteiger partial charge >= 0.3 is 6.18 Å². The second kappa shape index (κ2) is 10.0. The molecule has 0 unspecified atom stereocenters. The lowest BCUT2D eigenvalue weighted by Crippen LogP contribution is -2.54. The molecule has 188 valence electrons. The first-order chi connectivity index (χ1) is 17.3. The van der Waals surface area contributed by atoms with Crippen LogP contribution in [0, 0.1) is 11.8 Å². The molecule has 0 atom stereocenters. The Morgan fingerprint density at radius 1 is 0.861 bits per heavy atom. The highest BCUT2D eigenvalue weighted by molar-refractivity contribution is 7.07. The third kappa shape index (κ3) is 5.31. The Labute approximate surface area is 211 Å². The minimum Gasteiger partial charge on any atom is -0.338 e. The maximum absolute atomic E-state index is 12.9. The second-order valence-corrected chi connectivity index (χ2v) is 10.3. The van der Waals surface area contributed by atoms with Crippen molar-refractivity contribution in [3.63, 3.8) is 0 Å². The van der Waals surface area contributed by atoms with Crippen LogP contribution < -0.4 is 0 Å². The summed E-state index contributed by atoms with van der Waals surface area (Å²) in [5.41, 5.74) is 3.87. The largest absolute Gasteiger partial charge is 0.416 e. The Balaban J connectivity index is 1.09. The fourth-order valence-corrected chi connectivity index (χ4v) is 5.55. The Morgan fingerprint density at radius 3 is 2.03 bits per heavy atom.